The molecular weight excluding hydrogens is 326 g/mol. The second kappa shape index (κ2) is 11.2. The molecule has 1 aromatic rings. The van der Waals surface area contributed by atoms with E-state index in [0.29, 0.717) is 12.5 Å². The van der Waals surface area contributed by atoms with E-state index >= 15 is 0 Å². The number of nitrogens with zero attached hydrogens (tertiary/aromatic N) is 1. The van der Waals surface area contributed by atoms with Crippen LogP contribution in [-0.4, -0.2) is 51.5 Å². The molecular formula is C21H35N3O2. The molecule has 26 heavy (non-hydrogen) atoms. The number of ether oxygens (including phenoxy) is 2. The first kappa shape index (κ1) is 20.7. The van der Waals surface area contributed by atoms with Gasteiger partial charge in [-0.3, -0.25) is 4.99 Å². The number of nitrogens with one attached hydrogen (secondary N) is 2. The SMILES string of the molecule is CN=C(NCCCc1ccc(C(C)C)cc1)NC(C)COC1CCOC1. The molecule has 2 N–H and O–H groups in total. The average Bonchev–Trinajstić information content (AvgIpc) is 3.16. The highest BCUT2D eigenvalue weighted by Gasteiger charge is 2.17. The van der Waals surface area contributed by atoms with Gasteiger partial charge in [-0.1, -0.05) is 38.1 Å². The topological polar surface area (TPSA) is 54.9 Å². The van der Waals surface area contributed by atoms with E-state index in [1.54, 1.807) is 7.05 Å². The van der Waals surface area contributed by atoms with Crippen molar-refractivity contribution in [3.8, 4) is 0 Å². The van der Waals surface area contributed by atoms with Crippen molar-refractivity contribution in [2.24, 2.45) is 4.99 Å². The highest BCUT2D eigenvalue weighted by atomic mass is 16.5. The number of hydrogen-bond acceptors (Lipinski definition) is 3. The van der Waals surface area contributed by atoms with Gasteiger partial charge in [0.25, 0.3) is 0 Å². The van der Waals surface area contributed by atoms with Gasteiger partial charge in [-0.05, 0) is 43.2 Å². The molecule has 0 saturated carbocycles. The molecule has 146 valence electrons. The molecule has 2 rings (SSSR count). The van der Waals surface area contributed by atoms with Crippen LogP contribution in [-0.2, 0) is 15.9 Å². The normalized spacial score (nSPS) is 19.0. The minimum atomic E-state index is 0.213. The van der Waals surface area contributed by atoms with E-state index in [2.05, 4.69) is 60.7 Å². The van der Waals surface area contributed by atoms with Gasteiger partial charge in [0.05, 0.1) is 19.3 Å². The lowest BCUT2D eigenvalue weighted by molar-refractivity contribution is 0.0347. The van der Waals surface area contributed by atoms with Crippen LogP contribution in [0.3, 0.4) is 0 Å². The van der Waals surface area contributed by atoms with E-state index in [-0.39, 0.29) is 12.1 Å². The monoisotopic (exact) mass is 361 g/mol. The lowest BCUT2D eigenvalue weighted by atomic mass is 10.0. The van der Waals surface area contributed by atoms with Crippen molar-refractivity contribution in [3.63, 3.8) is 0 Å². The smallest absolute Gasteiger partial charge is 0.191 e. The van der Waals surface area contributed by atoms with Crippen molar-refractivity contribution in [2.75, 3.05) is 33.4 Å². The van der Waals surface area contributed by atoms with Gasteiger partial charge in [-0.15, -0.1) is 0 Å². The Morgan fingerprint density at radius 1 is 1.27 bits per heavy atom. The van der Waals surface area contributed by atoms with Crippen molar-refractivity contribution in [1.29, 1.82) is 0 Å². The van der Waals surface area contributed by atoms with Crippen LogP contribution in [0.4, 0.5) is 0 Å². The Labute approximate surface area is 158 Å². The summed E-state index contributed by atoms with van der Waals surface area (Å²) in [5.41, 5.74) is 2.79. The molecule has 1 aromatic carbocycles. The maximum Gasteiger partial charge on any atom is 0.191 e. The van der Waals surface area contributed by atoms with E-state index in [1.807, 2.05) is 0 Å². The fraction of sp³-hybridized carbons (Fsp3) is 0.667. The molecule has 0 aromatic heterocycles. The summed E-state index contributed by atoms with van der Waals surface area (Å²) in [6.45, 7) is 9.66. The molecule has 0 amide bonds. The summed E-state index contributed by atoms with van der Waals surface area (Å²) in [7, 11) is 1.80. The van der Waals surface area contributed by atoms with E-state index in [0.717, 1.165) is 45.0 Å². The van der Waals surface area contributed by atoms with E-state index in [1.165, 1.54) is 11.1 Å². The lowest BCUT2D eigenvalue weighted by Gasteiger charge is -2.19. The first-order valence-electron chi connectivity index (χ1n) is 9.84. The minimum absolute atomic E-state index is 0.213. The third kappa shape index (κ3) is 7.34. The molecule has 0 aliphatic carbocycles. The van der Waals surface area contributed by atoms with Crippen molar-refractivity contribution in [3.05, 3.63) is 35.4 Å². The fourth-order valence-corrected chi connectivity index (χ4v) is 2.96. The average molecular weight is 362 g/mol. The van der Waals surface area contributed by atoms with Crippen LogP contribution in [0.5, 0.6) is 0 Å². The van der Waals surface area contributed by atoms with Crippen molar-refractivity contribution >= 4 is 5.96 Å². The van der Waals surface area contributed by atoms with Gasteiger partial charge < -0.3 is 20.1 Å². The highest BCUT2D eigenvalue weighted by Crippen LogP contribution is 2.15. The third-order valence-corrected chi connectivity index (χ3v) is 4.66. The van der Waals surface area contributed by atoms with E-state index < -0.39 is 0 Å². The van der Waals surface area contributed by atoms with E-state index in [9.17, 15) is 0 Å². The first-order chi connectivity index (χ1) is 12.6. The van der Waals surface area contributed by atoms with Gasteiger partial charge in [0.2, 0.25) is 0 Å². The number of aryl methyl sites for hydroxylation is 1. The van der Waals surface area contributed by atoms with Crippen LogP contribution in [0.15, 0.2) is 29.3 Å². The van der Waals surface area contributed by atoms with Gasteiger partial charge >= 0.3 is 0 Å². The van der Waals surface area contributed by atoms with Crippen LogP contribution in [0.2, 0.25) is 0 Å². The fourth-order valence-electron chi connectivity index (χ4n) is 2.96. The molecule has 0 bridgehead atoms. The molecule has 1 aliphatic rings. The molecule has 0 spiro atoms. The molecule has 5 heteroatoms. The minimum Gasteiger partial charge on any atom is -0.379 e. The first-order valence-corrected chi connectivity index (χ1v) is 9.84. The Morgan fingerprint density at radius 2 is 2.04 bits per heavy atom. The molecule has 1 fully saturated rings. The van der Waals surface area contributed by atoms with Crippen LogP contribution < -0.4 is 10.6 Å². The molecule has 1 aliphatic heterocycles. The molecule has 0 radical (unpaired) electrons. The van der Waals surface area contributed by atoms with Crippen molar-refractivity contribution in [1.82, 2.24) is 10.6 Å². The van der Waals surface area contributed by atoms with Crippen LogP contribution in [0, 0.1) is 0 Å². The number of rotatable bonds is 9. The van der Waals surface area contributed by atoms with Gasteiger partial charge in [0.15, 0.2) is 5.96 Å². The second-order valence-electron chi connectivity index (χ2n) is 7.36. The summed E-state index contributed by atoms with van der Waals surface area (Å²) in [5, 5.41) is 6.77. The second-order valence-corrected chi connectivity index (χ2v) is 7.36. The summed E-state index contributed by atoms with van der Waals surface area (Å²) >= 11 is 0. The van der Waals surface area contributed by atoms with Gasteiger partial charge in [0, 0.05) is 26.2 Å². The van der Waals surface area contributed by atoms with Gasteiger partial charge in [-0.25, -0.2) is 0 Å². The zero-order chi connectivity index (χ0) is 18.8. The van der Waals surface area contributed by atoms with Gasteiger partial charge in [0.1, 0.15) is 0 Å². The van der Waals surface area contributed by atoms with Crippen LogP contribution >= 0.6 is 0 Å². The summed E-state index contributed by atoms with van der Waals surface area (Å²) < 4.78 is 11.2. The maximum atomic E-state index is 5.85. The Hall–Kier alpha value is -1.59. The van der Waals surface area contributed by atoms with Crippen LogP contribution in [0.25, 0.3) is 0 Å². The Kier molecular flexibility index (Phi) is 8.92. The summed E-state index contributed by atoms with van der Waals surface area (Å²) in [6.07, 6.45) is 3.39. The van der Waals surface area contributed by atoms with Crippen molar-refractivity contribution in [2.45, 2.75) is 58.1 Å². The zero-order valence-corrected chi connectivity index (χ0v) is 16.8. The number of aliphatic imine (C=N–C) groups is 1. The number of benzene rings is 1. The Bertz CT molecular complexity index is 537. The maximum absolute atomic E-state index is 5.85. The molecule has 2 atom stereocenters. The Morgan fingerprint density at radius 3 is 2.65 bits per heavy atom. The highest BCUT2D eigenvalue weighted by molar-refractivity contribution is 5.79. The van der Waals surface area contributed by atoms with E-state index in [4.69, 9.17) is 9.47 Å². The zero-order valence-electron chi connectivity index (χ0n) is 16.8. The quantitative estimate of drug-likeness (QED) is 0.403. The van der Waals surface area contributed by atoms with Crippen molar-refractivity contribution < 1.29 is 9.47 Å². The lowest BCUT2D eigenvalue weighted by Crippen LogP contribution is -2.44. The molecule has 2 unspecified atom stereocenters. The molecule has 5 nitrogen and oxygen atoms in total. The predicted octanol–water partition coefficient (Wildman–Crippen LogP) is 3.10. The molecule has 1 heterocycles. The molecule has 1 saturated heterocycles. The summed E-state index contributed by atoms with van der Waals surface area (Å²) in [5.74, 6) is 1.42. The van der Waals surface area contributed by atoms with Crippen LogP contribution in [0.1, 0.15) is 50.7 Å². The summed E-state index contributed by atoms with van der Waals surface area (Å²) in [4.78, 5) is 4.30. The predicted molar refractivity (Wildman–Crippen MR) is 108 cm³/mol. The Balaban J connectivity index is 1.61. The number of guanidine groups is 1. The summed E-state index contributed by atoms with van der Waals surface area (Å²) in [6, 6.07) is 9.18. The number of hydrogen-bond donors (Lipinski definition) is 2. The standard InChI is InChI=1S/C21H35N3O2/c1-16(2)19-9-7-18(8-10-19)6-5-12-23-21(22-4)24-17(3)14-26-20-11-13-25-15-20/h7-10,16-17,20H,5-6,11-15H2,1-4H3,(H2,22,23,24). The largest absolute Gasteiger partial charge is 0.379 e. The van der Waals surface area contributed by atoms with Gasteiger partial charge in [-0.2, -0.15) is 0 Å². The third-order valence-electron chi connectivity index (χ3n) is 4.66.